The van der Waals surface area contributed by atoms with Crippen molar-refractivity contribution in [2.75, 3.05) is 24.5 Å². The molecular formula is C16H18FN5O2. The van der Waals surface area contributed by atoms with Gasteiger partial charge in [0.2, 0.25) is 5.91 Å². The number of amides is 2. The van der Waals surface area contributed by atoms with E-state index in [1.807, 2.05) is 0 Å². The molecule has 126 valence electrons. The van der Waals surface area contributed by atoms with E-state index in [1.54, 1.807) is 30.3 Å². The van der Waals surface area contributed by atoms with Gasteiger partial charge in [-0.2, -0.15) is 5.10 Å². The van der Waals surface area contributed by atoms with E-state index in [9.17, 15) is 14.0 Å². The van der Waals surface area contributed by atoms with Crippen molar-refractivity contribution in [1.29, 1.82) is 0 Å². The van der Waals surface area contributed by atoms with Crippen LogP contribution in [0.2, 0.25) is 0 Å². The van der Waals surface area contributed by atoms with E-state index < -0.39 is 5.82 Å². The number of anilines is 1. The summed E-state index contributed by atoms with van der Waals surface area (Å²) in [6.07, 6.45) is 3.08. The van der Waals surface area contributed by atoms with Crippen molar-refractivity contribution in [3.05, 3.63) is 47.5 Å². The van der Waals surface area contributed by atoms with Gasteiger partial charge in [0.25, 0.3) is 5.91 Å². The molecule has 0 unspecified atom stereocenters. The molecule has 2 N–H and O–H groups in total. The Morgan fingerprint density at radius 3 is 2.96 bits per heavy atom. The third kappa shape index (κ3) is 3.53. The van der Waals surface area contributed by atoms with E-state index in [2.05, 4.69) is 15.7 Å². The molecule has 8 heteroatoms. The summed E-state index contributed by atoms with van der Waals surface area (Å²) in [6, 6.07) is 4.76. The smallest absolute Gasteiger partial charge is 0.254 e. The molecule has 1 aromatic heterocycles. The number of nitrogens with one attached hydrogen (secondary N) is 2. The Bertz CT molecular complexity index is 774. The Morgan fingerprint density at radius 2 is 2.29 bits per heavy atom. The number of aromatic nitrogens is 2. The van der Waals surface area contributed by atoms with Gasteiger partial charge in [0.15, 0.2) is 0 Å². The van der Waals surface area contributed by atoms with E-state index in [0.717, 1.165) is 0 Å². The van der Waals surface area contributed by atoms with Crippen LogP contribution >= 0.6 is 0 Å². The number of hydrogen-bond donors (Lipinski definition) is 2. The number of halogens is 1. The Balaban J connectivity index is 1.64. The molecule has 1 aliphatic rings. The fourth-order valence-corrected chi connectivity index (χ4v) is 2.58. The molecule has 0 spiro atoms. The van der Waals surface area contributed by atoms with Crippen LogP contribution in [0.1, 0.15) is 15.9 Å². The minimum atomic E-state index is -0.405. The molecule has 24 heavy (non-hydrogen) atoms. The number of hydrogen-bond acceptors (Lipinski definition) is 4. The molecule has 0 atom stereocenters. The zero-order valence-corrected chi connectivity index (χ0v) is 13.3. The van der Waals surface area contributed by atoms with Crippen LogP contribution in [-0.4, -0.2) is 41.2 Å². The van der Waals surface area contributed by atoms with Gasteiger partial charge in [0.05, 0.1) is 24.0 Å². The first-order chi connectivity index (χ1) is 11.5. The lowest BCUT2D eigenvalue weighted by Gasteiger charge is -2.29. The largest absolute Gasteiger partial charge is 0.358 e. The summed E-state index contributed by atoms with van der Waals surface area (Å²) < 4.78 is 15.9. The number of carbonyl (C=O) groups excluding carboxylic acids is 2. The molecule has 7 nitrogen and oxygen atoms in total. The topological polar surface area (TPSA) is 79.3 Å². The maximum absolute atomic E-state index is 14.3. The molecule has 1 saturated heterocycles. The van der Waals surface area contributed by atoms with E-state index in [1.165, 1.54) is 16.9 Å². The van der Waals surface area contributed by atoms with Crippen LogP contribution in [0.3, 0.4) is 0 Å². The first kappa shape index (κ1) is 16.0. The van der Waals surface area contributed by atoms with Gasteiger partial charge in [-0.1, -0.05) is 6.07 Å². The van der Waals surface area contributed by atoms with Crippen molar-refractivity contribution in [3.63, 3.8) is 0 Å². The third-order valence-corrected chi connectivity index (χ3v) is 3.81. The van der Waals surface area contributed by atoms with Gasteiger partial charge in [-0.15, -0.1) is 0 Å². The Kier molecular flexibility index (Phi) is 4.45. The molecule has 2 heterocycles. The summed E-state index contributed by atoms with van der Waals surface area (Å²) in [7, 11) is 1.73. The van der Waals surface area contributed by atoms with Crippen LogP contribution in [0, 0.1) is 5.82 Å². The summed E-state index contributed by atoms with van der Waals surface area (Å²) in [5.74, 6) is -0.786. The number of rotatable bonds is 4. The third-order valence-electron chi connectivity index (χ3n) is 3.81. The molecule has 3 rings (SSSR count). The van der Waals surface area contributed by atoms with Crippen LogP contribution in [0.5, 0.6) is 0 Å². The van der Waals surface area contributed by atoms with Crippen molar-refractivity contribution in [1.82, 2.24) is 20.4 Å². The second kappa shape index (κ2) is 6.69. The number of nitrogens with zero attached hydrogens (tertiary/aromatic N) is 3. The molecule has 1 fully saturated rings. The average Bonchev–Trinajstić information content (AvgIpc) is 2.99. The molecule has 0 aliphatic carbocycles. The first-order valence-corrected chi connectivity index (χ1v) is 7.60. The Labute approximate surface area is 138 Å². The zero-order valence-electron chi connectivity index (χ0n) is 13.3. The number of piperazine rings is 1. The van der Waals surface area contributed by atoms with Crippen LogP contribution in [0.4, 0.5) is 10.1 Å². The van der Waals surface area contributed by atoms with Gasteiger partial charge in [0.1, 0.15) is 5.82 Å². The SMILES string of the molecule is Cn1cc(C(=O)NCc2ccc(N3CCNC(=O)C3)c(F)c2)cn1. The quantitative estimate of drug-likeness (QED) is 0.851. The highest BCUT2D eigenvalue weighted by Crippen LogP contribution is 2.21. The maximum Gasteiger partial charge on any atom is 0.254 e. The second-order valence-electron chi connectivity index (χ2n) is 5.64. The van der Waals surface area contributed by atoms with Gasteiger partial charge in [-0.3, -0.25) is 14.3 Å². The van der Waals surface area contributed by atoms with E-state index in [0.29, 0.717) is 29.9 Å². The number of aryl methyl sites for hydroxylation is 1. The maximum atomic E-state index is 14.3. The lowest BCUT2D eigenvalue weighted by Crippen LogP contribution is -2.48. The van der Waals surface area contributed by atoms with Gasteiger partial charge < -0.3 is 15.5 Å². The average molecular weight is 331 g/mol. The highest BCUT2D eigenvalue weighted by atomic mass is 19.1. The molecule has 1 aromatic carbocycles. The monoisotopic (exact) mass is 331 g/mol. The van der Waals surface area contributed by atoms with Gasteiger partial charge in [0, 0.05) is 32.9 Å². The highest BCUT2D eigenvalue weighted by Gasteiger charge is 2.19. The van der Waals surface area contributed by atoms with Crippen LogP contribution in [-0.2, 0) is 18.4 Å². The van der Waals surface area contributed by atoms with Crippen molar-refractivity contribution in [2.45, 2.75) is 6.54 Å². The molecule has 0 saturated carbocycles. The predicted octanol–water partition coefficient (Wildman–Crippen LogP) is 0.425. The first-order valence-electron chi connectivity index (χ1n) is 7.60. The predicted molar refractivity (Wildman–Crippen MR) is 86.0 cm³/mol. The van der Waals surface area contributed by atoms with E-state index in [4.69, 9.17) is 0 Å². The molecule has 2 amide bonds. The molecule has 1 aliphatic heterocycles. The van der Waals surface area contributed by atoms with Crippen molar-refractivity contribution >= 4 is 17.5 Å². The van der Waals surface area contributed by atoms with Crippen molar-refractivity contribution in [3.8, 4) is 0 Å². The lowest BCUT2D eigenvalue weighted by molar-refractivity contribution is -0.120. The highest BCUT2D eigenvalue weighted by molar-refractivity contribution is 5.93. The van der Waals surface area contributed by atoms with Crippen molar-refractivity contribution in [2.24, 2.45) is 7.05 Å². The lowest BCUT2D eigenvalue weighted by atomic mass is 10.1. The molecular weight excluding hydrogens is 313 g/mol. The van der Waals surface area contributed by atoms with Crippen LogP contribution < -0.4 is 15.5 Å². The zero-order chi connectivity index (χ0) is 17.1. The number of benzene rings is 1. The molecule has 2 aromatic rings. The minimum Gasteiger partial charge on any atom is -0.358 e. The normalized spacial score (nSPS) is 14.4. The van der Waals surface area contributed by atoms with Gasteiger partial charge >= 0.3 is 0 Å². The fourth-order valence-electron chi connectivity index (χ4n) is 2.58. The van der Waals surface area contributed by atoms with Gasteiger partial charge in [-0.05, 0) is 17.7 Å². The number of carbonyl (C=O) groups is 2. The van der Waals surface area contributed by atoms with Crippen LogP contribution in [0.25, 0.3) is 0 Å². The molecule has 0 radical (unpaired) electrons. The Morgan fingerprint density at radius 1 is 1.46 bits per heavy atom. The van der Waals surface area contributed by atoms with E-state index in [-0.39, 0.29) is 24.9 Å². The summed E-state index contributed by atoms with van der Waals surface area (Å²) in [6.45, 7) is 1.43. The standard InChI is InChI=1S/C16H18FN5O2/c1-21-9-12(8-20-21)16(24)19-7-11-2-3-14(13(17)6-11)22-5-4-18-15(23)10-22/h2-3,6,8-9H,4-5,7,10H2,1H3,(H,18,23)(H,19,24). The van der Waals surface area contributed by atoms with Gasteiger partial charge in [-0.25, -0.2) is 4.39 Å². The van der Waals surface area contributed by atoms with Crippen LogP contribution in [0.15, 0.2) is 30.6 Å². The van der Waals surface area contributed by atoms with Crippen molar-refractivity contribution < 1.29 is 14.0 Å². The minimum absolute atomic E-state index is 0.117. The van der Waals surface area contributed by atoms with E-state index >= 15 is 0 Å². The summed E-state index contributed by atoms with van der Waals surface area (Å²) in [4.78, 5) is 25.1. The summed E-state index contributed by atoms with van der Waals surface area (Å²) >= 11 is 0. The fraction of sp³-hybridized carbons (Fsp3) is 0.312. The Hall–Kier alpha value is -2.90. The molecule has 0 bridgehead atoms. The second-order valence-corrected chi connectivity index (χ2v) is 5.64. The summed E-state index contributed by atoms with van der Waals surface area (Å²) in [5, 5.41) is 9.36. The summed E-state index contributed by atoms with van der Waals surface area (Å²) in [5.41, 5.74) is 1.50.